The summed E-state index contributed by atoms with van der Waals surface area (Å²) in [6, 6.07) is 21.5. The topological polar surface area (TPSA) is 0 Å². The molecule has 0 aromatic heterocycles. The highest BCUT2D eigenvalue weighted by Crippen LogP contribution is 1.84. The molecule has 2 rings (SSSR count). The highest BCUT2D eigenvalue weighted by atomic mass is 35.5. The van der Waals surface area contributed by atoms with Crippen molar-refractivity contribution in [1.82, 2.24) is 0 Å². The van der Waals surface area contributed by atoms with E-state index in [2.05, 4.69) is 60.7 Å². The summed E-state index contributed by atoms with van der Waals surface area (Å²) in [5.74, 6) is 0. The first-order chi connectivity index (χ1) is 6.45. The van der Waals surface area contributed by atoms with Crippen molar-refractivity contribution in [2.75, 3.05) is 0 Å². The number of benzene rings is 2. The van der Waals surface area contributed by atoms with Gasteiger partial charge in [-0.15, -0.1) is 12.4 Å². The molecule has 14 heavy (non-hydrogen) atoms. The van der Waals surface area contributed by atoms with Crippen LogP contribution in [-0.4, -0.2) is 20.4 Å². The van der Waals surface area contributed by atoms with Crippen molar-refractivity contribution in [2.24, 2.45) is 0 Å². The van der Waals surface area contributed by atoms with E-state index in [0.717, 1.165) is 0 Å². The zero-order valence-electron chi connectivity index (χ0n) is 7.89. The summed E-state index contributed by atoms with van der Waals surface area (Å²) in [7, 11) is 0. The normalized spacial score (nSPS) is 8.57. The Labute approximate surface area is 100 Å². The van der Waals surface area contributed by atoms with E-state index >= 15 is 0 Å². The van der Waals surface area contributed by atoms with Crippen LogP contribution in [0.5, 0.6) is 0 Å². The maximum atomic E-state index is 2.22. The quantitative estimate of drug-likeness (QED) is 0.669. The first-order valence-electron chi connectivity index (χ1n) is 4.53. The molecule has 0 radical (unpaired) electrons. The molecule has 0 unspecified atom stereocenters. The molecule has 0 aliphatic rings. The largest absolute Gasteiger partial charge is 0.450 e. The standard InChI is InChI=1S/2C6H5.ClH.Mg/c2*1-2-4-6-5-3-1;;/h2*1-5H;1H;. The number of hydrogen-bond acceptors (Lipinski definition) is 0. The molecule has 0 spiro atoms. The zero-order chi connectivity index (χ0) is 8.93. The lowest BCUT2D eigenvalue weighted by molar-refractivity contribution is 1.75. The Balaban J connectivity index is 0.000000980. The lowest BCUT2D eigenvalue weighted by atomic mass is 10.4. The summed E-state index contributed by atoms with van der Waals surface area (Å²) in [6.07, 6.45) is 0. The van der Waals surface area contributed by atoms with Crippen LogP contribution in [0.4, 0.5) is 0 Å². The van der Waals surface area contributed by atoms with Gasteiger partial charge in [-0.05, 0) is 0 Å². The highest BCUT2D eigenvalue weighted by molar-refractivity contribution is 6.67. The second kappa shape index (κ2) is 6.07. The zero-order valence-corrected chi connectivity index (χ0v) is 10.1. The molecule has 0 heterocycles. The molecule has 0 amide bonds. The molecule has 2 aromatic carbocycles. The van der Waals surface area contributed by atoms with Gasteiger partial charge in [0.2, 0.25) is 0 Å². The van der Waals surface area contributed by atoms with E-state index in [-0.39, 0.29) is 32.8 Å². The molecule has 0 aliphatic carbocycles. The predicted octanol–water partition coefficient (Wildman–Crippen LogP) is 1.76. The van der Waals surface area contributed by atoms with E-state index < -0.39 is 0 Å². The van der Waals surface area contributed by atoms with E-state index in [9.17, 15) is 0 Å². The fourth-order valence-electron chi connectivity index (χ4n) is 1.43. The summed E-state index contributed by atoms with van der Waals surface area (Å²) < 4.78 is 3.02. The molecular formula is C12H11ClMg. The Kier molecular flexibility index (Phi) is 5.02. The third-order valence-corrected chi connectivity index (χ3v) is 3.85. The molecule has 0 aliphatic heterocycles. The maximum Gasteiger partial charge on any atom is 0.450 e. The molecule has 0 bridgehead atoms. The molecule has 68 valence electrons. The minimum Gasteiger partial charge on any atom is -0.165 e. The second-order valence-electron chi connectivity index (χ2n) is 3.15. The first-order valence-corrected chi connectivity index (χ1v) is 5.94. The van der Waals surface area contributed by atoms with Crippen molar-refractivity contribution in [3.05, 3.63) is 60.7 Å². The summed E-state index contributed by atoms with van der Waals surface area (Å²) in [5.41, 5.74) is 0. The number of rotatable bonds is 2. The summed E-state index contributed by atoms with van der Waals surface area (Å²) >= 11 is -0.234. The molecule has 0 N–H and O–H groups in total. The van der Waals surface area contributed by atoms with Gasteiger partial charge in [-0.1, -0.05) is 60.7 Å². The van der Waals surface area contributed by atoms with E-state index in [1.807, 2.05) is 0 Å². The van der Waals surface area contributed by atoms with Crippen LogP contribution in [0.15, 0.2) is 60.7 Å². The van der Waals surface area contributed by atoms with E-state index in [1.165, 1.54) is 7.39 Å². The van der Waals surface area contributed by atoms with Crippen molar-refractivity contribution in [1.29, 1.82) is 0 Å². The van der Waals surface area contributed by atoms with Gasteiger partial charge >= 0.3 is 20.4 Å². The van der Waals surface area contributed by atoms with Crippen LogP contribution < -0.4 is 7.39 Å². The molecule has 0 saturated heterocycles. The number of halogens is 1. The van der Waals surface area contributed by atoms with Gasteiger partial charge in [0.05, 0.1) is 0 Å². The fourth-order valence-corrected chi connectivity index (χ4v) is 2.91. The third-order valence-electron chi connectivity index (χ3n) is 2.09. The van der Waals surface area contributed by atoms with Crippen molar-refractivity contribution < 1.29 is 0 Å². The van der Waals surface area contributed by atoms with Gasteiger partial charge in [0.1, 0.15) is 0 Å². The van der Waals surface area contributed by atoms with Gasteiger partial charge in [0, 0.05) is 0 Å². The Hall–Kier alpha value is -0.504. The Morgan fingerprint density at radius 2 is 0.929 bits per heavy atom. The second-order valence-corrected chi connectivity index (χ2v) is 5.13. The predicted molar refractivity (Wildman–Crippen MR) is 65.2 cm³/mol. The third kappa shape index (κ3) is 3.33. The lowest BCUT2D eigenvalue weighted by Gasteiger charge is -1.98. The van der Waals surface area contributed by atoms with Crippen molar-refractivity contribution in [2.45, 2.75) is 0 Å². The summed E-state index contributed by atoms with van der Waals surface area (Å²) in [5, 5.41) is 0. The molecule has 2 aromatic rings. The van der Waals surface area contributed by atoms with Crippen LogP contribution >= 0.6 is 12.4 Å². The number of hydrogen-bond donors (Lipinski definition) is 0. The van der Waals surface area contributed by atoms with Crippen LogP contribution in [-0.2, 0) is 0 Å². The Bertz CT molecular complexity index is 321. The average Bonchev–Trinajstić information content (AvgIpc) is 2.21. The molecule has 2 heteroatoms. The van der Waals surface area contributed by atoms with Crippen LogP contribution in [0.1, 0.15) is 0 Å². The van der Waals surface area contributed by atoms with Gasteiger partial charge in [-0.3, -0.25) is 0 Å². The maximum absolute atomic E-state index is 2.22. The lowest BCUT2D eigenvalue weighted by Crippen LogP contribution is -2.26. The minimum atomic E-state index is -0.234. The van der Waals surface area contributed by atoms with Crippen LogP contribution in [0, 0.1) is 0 Å². The SMILES string of the molecule is Cl.c1cc[c]([Mg][c]2ccccc2)cc1. The average molecular weight is 215 g/mol. The Morgan fingerprint density at radius 3 is 1.29 bits per heavy atom. The summed E-state index contributed by atoms with van der Waals surface area (Å²) in [4.78, 5) is 0. The van der Waals surface area contributed by atoms with Gasteiger partial charge in [0.15, 0.2) is 0 Å². The Morgan fingerprint density at radius 1 is 0.571 bits per heavy atom. The highest BCUT2D eigenvalue weighted by Gasteiger charge is 1.99. The van der Waals surface area contributed by atoms with Gasteiger partial charge in [-0.2, -0.15) is 7.39 Å². The molecule has 0 fully saturated rings. The van der Waals surface area contributed by atoms with Crippen LogP contribution in [0.25, 0.3) is 0 Å². The van der Waals surface area contributed by atoms with E-state index in [4.69, 9.17) is 0 Å². The van der Waals surface area contributed by atoms with Gasteiger partial charge in [-0.25, -0.2) is 0 Å². The monoisotopic (exact) mass is 214 g/mol. The first kappa shape index (κ1) is 11.6. The van der Waals surface area contributed by atoms with Crippen molar-refractivity contribution in [3.8, 4) is 0 Å². The van der Waals surface area contributed by atoms with Crippen molar-refractivity contribution in [3.63, 3.8) is 0 Å². The minimum absolute atomic E-state index is 0. The molecule has 0 saturated carbocycles. The van der Waals surface area contributed by atoms with Crippen LogP contribution in [0.2, 0.25) is 0 Å². The fraction of sp³-hybridized carbons (Fsp3) is 0. The van der Waals surface area contributed by atoms with E-state index in [1.54, 1.807) is 0 Å². The van der Waals surface area contributed by atoms with Gasteiger partial charge < -0.3 is 0 Å². The molecule has 0 nitrogen and oxygen atoms in total. The van der Waals surface area contributed by atoms with Crippen molar-refractivity contribution >= 4 is 40.2 Å². The smallest absolute Gasteiger partial charge is 0.165 e. The molecular weight excluding hydrogens is 204 g/mol. The van der Waals surface area contributed by atoms with Crippen LogP contribution in [0.3, 0.4) is 0 Å². The molecule has 0 atom stereocenters. The van der Waals surface area contributed by atoms with Gasteiger partial charge in [0.25, 0.3) is 0 Å². The van der Waals surface area contributed by atoms with E-state index in [0.29, 0.717) is 0 Å². The summed E-state index contributed by atoms with van der Waals surface area (Å²) in [6.45, 7) is 0.